The number of pyridine rings is 1. The summed E-state index contributed by atoms with van der Waals surface area (Å²) in [6.45, 7) is 1.25. The molecule has 0 atom stereocenters. The highest BCUT2D eigenvalue weighted by Gasteiger charge is 2.14. The van der Waals surface area contributed by atoms with Crippen LogP contribution in [0.5, 0.6) is 0 Å². The largest absolute Gasteiger partial charge is 0.465 e. The topological polar surface area (TPSA) is 105 Å². The molecule has 0 saturated heterocycles. The van der Waals surface area contributed by atoms with Gasteiger partial charge in [-0.2, -0.15) is 0 Å². The first-order valence-electron chi connectivity index (χ1n) is 5.14. The van der Waals surface area contributed by atoms with Crippen LogP contribution in [-0.2, 0) is 16.0 Å². The van der Waals surface area contributed by atoms with Crippen molar-refractivity contribution in [2.45, 2.75) is 13.5 Å². The van der Waals surface area contributed by atoms with Crippen LogP contribution in [0.3, 0.4) is 0 Å². The van der Waals surface area contributed by atoms with E-state index in [0.29, 0.717) is 4.47 Å². The van der Waals surface area contributed by atoms with Crippen molar-refractivity contribution < 1.29 is 14.3 Å². The summed E-state index contributed by atoms with van der Waals surface area (Å²) in [7, 11) is 1.22. The maximum absolute atomic E-state index is 11.8. The first kappa shape index (κ1) is 15.1. The van der Waals surface area contributed by atoms with Gasteiger partial charge in [-0.05, 0) is 15.9 Å². The van der Waals surface area contributed by atoms with Gasteiger partial charge in [0.2, 0.25) is 5.90 Å². The highest BCUT2D eigenvalue weighted by molar-refractivity contribution is 9.10. The quantitative estimate of drug-likeness (QED) is 0.496. The van der Waals surface area contributed by atoms with Crippen molar-refractivity contribution in [3.05, 3.63) is 32.7 Å². The first-order chi connectivity index (χ1) is 8.85. The highest BCUT2D eigenvalue weighted by atomic mass is 79.9. The van der Waals surface area contributed by atoms with Gasteiger partial charge in [0.25, 0.3) is 5.56 Å². The Morgan fingerprint density at radius 2 is 2.11 bits per heavy atom. The van der Waals surface area contributed by atoms with Crippen LogP contribution in [0.15, 0.2) is 21.5 Å². The fourth-order valence-electron chi connectivity index (χ4n) is 1.31. The number of methoxy groups -OCH3 is 1. The number of ether oxygens (including phenoxy) is 2. The van der Waals surface area contributed by atoms with Gasteiger partial charge < -0.3 is 14.0 Å². The van der Waals surface area contributed by atoms with Crippen molar-refractivity contribution in [1.29, 1.82) is 10.8 Å². The lowest BCUT2D eigenvalue weighted by molar-refractivity contribution is 0.0599. The Bertz CT molecular complexity index is 594. The van der Waals surface area contributed by atoms with Gasteiger partial charge in [-0.15, -0.1) is 0 Å². The van der Waals surface area contributed by atoms with E-state index >= 15 is 0 Å². The third kappa shape index (κ3) is 4.02. The van der Waals surface area contributed by atoms with Crippen LogP contribution in [0.2, 0.25) is 0 Å². The lowest BCUT2D eigenvalue weighted by Crippen LogP contribution is -2.26. The number of esters is 1. The van der Waals surface area contributed by atoms with Gasteiger partial charge in [0.1, 0.15) is 6.54 Å². The minimum absolute atomic E-state index is 0.111. The summed E-state index contributed by atoms with van der Waals surface area (Å²) in [4.78, 5) is 23.1. The predicted octanol–water partition coefficient (Wildman–Crippen LogP) is 1.39. The van der Waals surface area contributed by atoms with Gasteiger partial charge in [0, 0.05) is 23.7 Å². The standard InChI is InChI=1S/C11H12BrN3O4/c1-6(13)19-9(14)5-15-4-8(12)7(3-10(15)16)11(17)18-2/h3-4,13-14H,5H2,1-2H3. The van der Waals surface area contributed by atoms with Gasteiger partial charge in [0.15, 0.2) is 5.90 Å². The van der Waals surface area contributed by atoms with Gasteiger partial charge in [0.05, 0.1) is 12.7 Å². The maximum atomic E-state index is 11.8. The van der Waals surface area contributed by atoms with Crippen molar-refractivity contribution in [3.8, 4) is 0 Å². The molecule has 7 nitrogen and oxygen atoms in total. The molecule has 0 aromatic carbocycles. The fraction of sp³-hybridized carbons (Fsp3) is 0.273. The second-order valence-electron chi connectivity index (χ2n) is 3.57. The molecule has 1 aromatic heterocycles. The molecule has 0 bridgehead atoms. The minimum Gasteiger partial charge on any atom is -0.465 e. The van der Waals surface area contributed by atoms with Crippen LogP contribution < -0.4 is 5.56 Å². The molecule has 1 heterocycles. The molecule has 1 rings (SSSR count). The van der Waals surface area contributed by atoms with Crippen molar-refractivity contribution in [2.24, 2.45) is 0 Å². The average Bonchev–Trinajstić information content (AvgIpc) is 2.31. The smallest absolute Gasteiger partial charge is 0.339 e. The normalized spacial score (nSPS) is 9.84. The molecule has 0 amide bonds. The van der Waals surface area contributed by atoms with Gasteiger partial charge in [-0.1, -0.05) is 0 Å². The summed E-state index contributed by atoms with van der Waals surface area (Å²) in [5.41, 5.74) is -0.362. The fourth-order valence-corrected chi connectivity index (χ4v) is 1.83. The monoisotopic (exact) mass is 329 g/mol. The van der Waals surface area contributed by atoms with Gasteiger partial charge >= 0.3 is 5.97 Å². The minimum atomic E-state index is -0.627. The number of aromatic nitrogens is 1. The number of hydrogen-bond donors (Lipinski definition) is 2. The van der Waals surface area contributed by atoms with Crippen LogP contribution in [0, 0.1) is 10.8 Å². The van der Waals surface area contributed by atoms with Gasteiger partial charge in [-0.3, -0.25) is 15.6 Å². The predicted molar refractivity (Wildman–Crippen MR) is 72.0 cm³/mol. The molecule has 8 heteroatoms. The number of nitrogens with one attached hydrogen (secondary N) is 2. The molecule has 0 aliphatic rings. The lowest BCUT2D eigenvalue weighted by Gasteiger charge is -2.09. The Labute approximate surface area is 117 Å². The van der Waals surface area contributed by atoms with E-state index in [9.17, 15) is 9.59 Å². The van der Waals surface area contributed by atoms with E-state index in [1.807, 2.05) is 0 Å². The molecule has 0 radical (unpaired) electrons. The number of nitrogens with zero attached hydrogens (tertiary/aromatic N) is 1. The third-order valence-corrected chi connectivity index (χ3v) is 2.70. The second kappa shape index (κ2) is 6.28. The van der Waals surface area contributed by atoms with E-state index in [1.165, 1.54) is 24.8 Å². The van der Waals surface area contributed by atoms with Crippen molar-refractivity contribution in [2.75, 3.05) is 7.11 Å². The van der Waals surface area contributed by atoms with Crippen LogP contribution in [-0.4, -0.2) is 29.4 Å². The molecule has 0 spiro atoms. The van der Waals surface area contributed by atoms with Crippen molar-refractivity contribution >= 4 is 33.7 Å². The zero-order valence-corrected chi connectivity index (χ0v) is 11.9. The third-order valence-electron chi connectivity index (χ3n) is 2.07. The van der Waals surface area contributed by atoms with Crippen molar-refractivity contribution in [3.63, 3.8) is 0 Å². The number of halogens is 1. The van der Waals surface area contributed by atoms with Crippen molar-refractivity contribution in [1.82, 2.24) is 4.57 Å². The Hall–Kier alpha value is -1.96. The number of rotatable bonds is 3. The lowest BCUT2D eigenvalue weighted by atomic mass is 10.2. The number of carbonyl (C=O) groups is 1. The van der Waals surface area contributed by atoms with Gasteiger partial charge in [-0.25, -0.2) is 4.79 Å². The van der Waals surface area contributed by atoms with Crippen LogP contribution in [0.25, 0.3) is 0 Å². The zero-order valence-electron chi connectivity index (χ0n) is 10.3. The van der Waals surface area contributed by atoms with E-state index < -0.39 is 11.5 Å². The highest BCUT2D eigenvalue weighted by Crippen LogP contribution is 2.15. The molecule has 102 valence electrons. The molecule has 2 N–H and O–H groups in total. The maximum Gasteiger partial charge on any atom is 0.339 e. The summed E-state index contributed by atoms with van der Waals surface area (Å²) in [5, 5.41) is 14.5. The molecule has 0 aliphatic carbocycles. The average molecular weight is 330 g/mol. The molecule has 0 saturated carbocycles. The molecule has 0 aliphatic heterocycles. The SMILES string of the molecule is COC(=O)c1cc(=O)n(CC(=N)OC(C)=N)cc1Br. The van der Waals surface area contributed by atoms with E-state index in [-0.39, 0.29) is 23.9 Å². The summed E-state index contributed by atoms with van der Waals surface area (Å²) in [6.07, 6.45) is 1.37. The summed E-state index contributed by atoms with van der Waals surface area (Å²) >= 11 is 3.15. The number of hydrogen-bond acceptors (Lipinski definition) is 6. The van der Waals surface area contributed by atoms with E-state index in [4.69, 9.17) is 15.6 Å². The second-order valence-corrected chi connectivity index (χ2v) is 4.43. The zero-order chi connectivity index (χ0) is 14.6. The molecule has 0 fully saturated rings. The Balaban J connectivity index is 3.03. The summed E-state index contributed by atoms with van der Waals surface area (Å²) < 4.78 is 10.8. The summed E-state index contributed by atoms with van der Waals surface area (Å²) in [6, 6.07) is 1.11. The summed E-state index contributed by atoms with van der Waals surface area (Å²) in [5.74, 6) is -1.01. The number of carbonyl (C=O) groups excluding carboxylic acids is 1. The first-order valence-corrected chi connectivity index (χ1v) is 5.93. The molecule has 19 heavy (non-hydrogen) atoms. The molecule has 0 unspecified atom stereocenters. The van der Waals surface area contributed by atoms with E-state index in [0.717, 1.165) is 6.07 Å². The molecular weight excluding hydrogens is 318 g/mol. The van der Waals surface area contributed by atoms with Crippen LogP contribution in [0.4, 0.5) is 0 Å². The molecular formula is C11H12BrN3O4. The van der Waals surface area contributed by atoms with Crippen LogP contribution in [0.1, 0.15) is 17.3 Å². The van der Waals surface area contributed by atoms with Crippen LogP contribution >= 0.6 is 15.9 Å². The van der Waals surface area contributed by atoms with E-state index in [1.54, 1.807) is 0 Å². The Morgan fingerprint density at radius 3 is 2.63 bits per heavy atom. The Kier molecular flexibility index (Phi) is 4.99. The van der Waals surface area contributed by atoms with E-state index in [2.05, 4.69) is 20.7 Å². The molecule has 1 aromatic rings. The Morgan fingerprint density at radius 1 is 1.47 bits per heavy atom.